The number of piperidine rings is 1. The van der Waals surface area contributed by atoms with Crippen LogP contribution in [0.5, 0.6) is 0 Å². The third kappa shape index (κ3) is 3.05. The second kappa shape index (κ2) is 7.03. The van der Waals surface area contributed by atoms with Crippen molar-refractivity contribution in [3.05, 3.63) is 35.9 Å². The second-order valence-corrected chi connectivity index (χ2v) is 7.05. The second-order valence-electron chi connectivity index (χ2n) is 7.05. The number of nitrogens with zero attached hydrogens (tertiary/aromatic N) is 7. The summed E-state index contributed by atoms with van der Waals surface area (Å²) in [5, 5.41) is 20.9. The van der Waals surface area contributed by atoms with Crippen LogP contribution in [0, 0.1) is 5.92 Å². The molecule has 138 valence electrons. The van der Waals surface area contributed by atoms with E-state index in [0.717, 1.165) is 36.8 Å². The van der Waals surface area contributed by atoms with E-state index in [1.165, 1.54) is 18.5 Å². The molecule has 3 aromatic heterocycles. The van der Waals surface area contributed by atoms with Crippen molar-refractivity contribution < 1.29 is 0 Å². The molecule has 0 aromatic carbocycles. The SMILES string of the molecule is CCc1nnc2ccc(NC[C@@H]3CCCN(C)[C@H]3c3ccnn3C)nn12. The number of hydrogen-bond donors (Lipinski definition) is 1. The first-order valence-electron chi connectivity index (χ1n) is 9.30. The lowest BCUT2D eigenvalue weighted by atomic mass is 9.87. The molecule has 1 aliphatic heterocycles. The van der Waals surface area contributed by atoms with Gasteiger partial charge in [-0.3, -0.25) is 9.58 Å². The van der Waals surface area contributed by atoms with Crippen molar-refractivity contribution in [3.8, 4) is 0 Å². The molecule has 0 radical (unpaired) electrons. The summed E-state index contributed by atoms with van der Waals surface area (Å²) in [4.78, 5) is 2.44. The maximum Gasteiger partial charge on any atom is 0.178 e. The predicted molar refractivity (Wildman–Crippen MR) is 100.0 cm³/mol. The van der Waals surface area contributed by atoms with Crippen LogP contribution in [0.1, 0.15) is 37.3 Å². The molecule has 0 amide bonds. The molecule has 0 aliphatic carbocycles. The van der Waals surface area contributed by atoms with Crippen LogP contribution >= 0.6 is 0 Å². The van der Waals surface area contributed by atoms with Crippen LogP contribution in [-0.2, 0) is 13.5 Å². The van der Waals surface area contributed by atoms with Gasteiger partial charge in [-0.25, -0.2) is 0 Å². The van der Waals surface area contributed by atoms with E-state index in [1.807, 2.05) is 34.6 Å². The normalized spacial score (nSPS) is 21.3. The van der Waals surface area contributed by atoms with Crippen molar-refractivity contribution in [1.82, 2.24) is 34.5 Å². The van der Waals surface area contributed by atoms with Crippen LogP contribution < -0.4 is 5.32 Å². The number of rotatable bonds is 5. The molecule has 1 saturated heterocycles. The molecule has 26 heavy (non-hydrogen) atoms. The molecule has 1 aliphatic rings. The van der Waals surface area contributed by atoms with E-state index in [9.17, 15) is 0 Å². The first-order valence-corrected chi connectivity index (χ1v) is 9.30. The van der Waals surface area contributed by atoms with Gasteiger partial charge in [-0.1, -0.05) is 6.92 Å². The van der Waals surface area contributed by atoms with Crippen LogP contribution in [-0.4, -0.2) is 54.6 Å². The van der Waals surface area contributed by atoms with Crippen molar-refractivity contribution in [3.63, 3.8) is 0 Å². The predicted octanol–water partition coefficient (Wildman–Crippen LogP) is 1.92. The molecule has 8 heteroatoms. The Morgan fingerprint density at radius 3 is 2.85 bits per heavy atom. The average Bonchev–Trinajstić information content (AvgIpc) is 3.25. The van der Waals surface area contributed by atoms with Crippen molar-refractivity contribution in [2.45, 2.75) is 32.2 Å². The van der Waals surface area contributed by atoms with Crippen LogP contribution in [0.25, 0.3) is 5.65 Å². The maximum absolute atomic E-state index is 4.66. The number of aromatic nitrogens is 6. The molecule has 1 N–H and O–H groups in total. The van der Waals surface area contributed by atoms with E-state index in [2.05, 4.69) is 50.6 Å². The molecule has 0 unspecified atom stereocenters. The van der Waals surface area contributed by atoms with Crippen LogP contribution in [0.3, 0.4) is 0 Å². The van der Waals surface area contributed by atoms with E-state index in [4.69, 9.17) is 0 Å². The zero-order valence-electron chi connectivity index (χ0n) is 15.6. The third-order valence-corrected chi connectivity index (χ3v) is 5.36. The Hall–Kier alpha value is -2.48. The van der Waals surface area contributed by atoms with Gasteiger partial charge in [-0.2, -0.15) is 9.61 Å². The summed E-state index contributed by atoms with van der Waals surface area (Å²) >= 11 is 0. The highest BCUT2D eigenvalue weighted by molar-refractivity contribution is 5.44. The summed E-state index contributed by atoms with van der Waals surface area (Å²) in [6, 6.07) is 6.45. The minimum Gasteiger partial charge on any atom is -0.368 e. The standard InChI is InChI=1S/C18H26N8/c1-4-16-21-22-17-8-7-15(23-26(16)17)19-12-13-6-5-11-24(2)18(13)14-9-10-20-25(14)3/h7-10,13,18H,4-6,11-12H2,1-3H3,(H,19,23)/t13-,18+/m0/s1. The zero-order valence-corrected chi connectivity index (χ0v) is 15.6. The molecule has 8 nitrogen and oxygen atoms in total. The molecule has 3 aromatic rings. The minimum absolute atomic E-state index is 0.369. The molecule has 0 saturated carbocycles. The quantitative estimate of drug-likeness (QED) is 0.754. The summed E-state index contributed by atoms with van der Waals surface area (Å²) in [7, 11) is 4.23. The van der Waals surface area contributed by atoms with E-state index >= 15 is 0 Å². The fourth-order valence-electron chi connectivity index (χ4n) is 4.00. The number of likely N-dealkylation sites (tertiary alicyclic amines) is 1. The van der Waals surface area contributed by atoms with Gasteiger partial charge in [-0.05, 0) is 50.6 Å². The molecule has 4 heterocycles. The van der Waals surface area contributed by atoms with Gasteiger partial charge in [0.2, 0.25) is 0 Å². The summed E-state index contributed by atoms with van der Waals surface area (Å²) in [5.74, 6) is 2.26. The van der Waals surface area contributed by atoms with E-state index < -0.39 is 0 Å². The first kappa shape index (κ1) is 17.0. The topological polar surface area (TPSA) is 76.2 Å². The number of anilines is 1. The van der Waals surface area contributed by atoms with Gasteiger partial charge in [0.15, 0.2) is 11.5 Å². The number of aryl methyl sites for hydroxylation is 2. The fraction of sp³-hybridized carbons (Fsp3) is 0.556. The fourth-order valence-corrected chi connectivity index (χ4v) is 4.00. The summed E-state index contributed by atoms with van der Waals surface area (Å²) in [5.41, 5.74) is 2.06. The van der Waals surface area contributed by atoms with E-state index in [1.54, 1.807) is 0 Å². The lowest BCUT2D eigenvalue weighted by Crippen LogP contribution is -2.40. The molecular formula is C18H26N8. The first-order chi connectivity index (χ1) is 12.7. The minimum atomic E-state index is 0.369. The van der Waals surface area contributed by atoms with E-state index in [-0.39, 0.29) is 0 Å². The van der Waals surface area contributed by atoms with Crippen LogP contribution in [0.15, 0.2) is 24.4 Å². The lowest BCUT2D eigenvalue weighted by molar-refractivity contribution is 0.121. The highest BCUT2D eigenvalue weighted by Gasteiger charge is 2.32. The smallest absolute Gasteiger partial charge is 0.178 e. The Morgan fingerprint density at radius 1 is 1.19 bits per heavy atom. The van der Waals surface area contributed by atoms with Gasteiger partial charge in [0.25, 0.3) is 0 Å². The average molecular weight is 354 g/mol. The van der Waals surface area contributed by atoms with Crippen molar-refractivity contribution in [2.75, 3.05) is 25.5 Å². The molecule has 0 spiro atoms. The Kier molecular flexibility index (Phi) is 4.58. The van der Waals surface area contributed by atoms with Gasteiger partial charge >= 0.3 is 0 Å². The zero-order chi connectivity index (χ0) is 18.1. The largest absolute Gasteiger partial charge is 0.368 e. The van der Waals surface area contributed by atoms with Gasteiger partial charge in [0.05, 0.1) is 11.7 Å². The molecule has 4 rings (SSSR count). The van der Waals surface area contributed by atoms with E-state index in [0.29, 0.717) is 12.0 Å². The van der Waals surface area contributed by atoms with Gasteiger partial charge in [0.1, 0.15) is 5.82 Å². The molecule has 1 fully saturated rings. The lowest BCUT2D eigenvalue weighted by Gasteiger charge is -2.39. The van der Waals surface area contributed by atoms with Crippen molar-refractivity contribution in [1.29, 1.82) is 0 Å². The third-order valence-electron chi connectivity index (χ3n) is 5.36. The Morgan fingerprint density at radius 2 is 2.08 bits per heavy atom. The number of nitrogens with one attached hydrogen (secondary N) is 1. The Balaban J connectivity index is 1.53. The summed E-state index contributed by atoms with van der Waals surface area (Å²) in [6.45, 7) is 4.06. The number of fused-ring (bicyclic) bond motifs is 1. The molecule has 2 atom stereocenters. The van der Waals surface area contributed by atoms with Crippen molar-refractivity contribution in [2.24, 2.45) is 13.0 Å². The summed E-state index contributed by atoms with van der Waals surface area (Å²) < 4.78 is 3.82. The summed E-state index contributed by atoms with van der Waals surface area (Å²) in [6.07, 6.45) is 5.11. The van der Waals surface area contributed by atoms with Crippen LogP contribution in [0.4, 0.5) is 5.82 Å². The monoisotopic (exact) mass is 354 g/mol. The van der Waals surface area contributed by atoms with Crippen molar-refractivity contribution >= 4 is 11.5 Å². The van der Waals surface area contributed by atoms with Gasteiger partial charge in [-0.15, -0.1) is 15.3 Å². The molecular weight excluding hydrogens is 328 g/mol. The van der Waals surface area contributed by atoms with Gasteiger partial charge in [0, 0.05) is 26.2 Å². The van der Waals surface area contributed by atoms with Gasteiger partial charge < -0.3 is 5.32 Å². The van der Waals surface area contributed by atoms with Crippen LogP contribution in [0.2, 0.25) is 0 Å². The Bertz CT molecular complexity index is 882. The Labute approximate surface area is 153 Å². The maximum atomic E-state index is 4.66. The highest BCUT2D eigenvalue weighted by atomic mass is 15.4. The highest BCUT2D eigenvalue weighted by Crippen LogP contribution is 2.34. The number of hydrogen-bond acceptors (Lipinski definition) is 6. The molecule has 0 bridgehead atoms.